The number of imidazole rings is 1. The first kappa shape index (κ1) is 21.6. The van der Waals surface area contributed by atoms with E-state index >= 15 is 0 Å². The van der Waals surface area contributed by atoms with Crippen LogP contribution in [0.25, 0.3) is 17.0 Å². The van der Waals surface area contributed by atoms with Gasteiger partial charge in [0, 0.05) is 24.6 Å². The van der Waals surface area contributed by atoms with Crippen LogP contribution >= 0.6 is 0 Å². The molecule has 0 saturated carbocycles. The average Bonchev–Trinajstić information content (AvgIpc) is 3.46. The molecule has 1 fully saturated rings. The van der Waals surface area contributed by atoms with E-state index in [2.05, 4.69) is 20.4 Å². The second-order valence-electron chi connectivity index (χ2n) is 7.89. The lowest BCUT2D eigenvalue weighted by molar-refractivity contribution is -0.0300. The number of rotatable bonds is 6. The monoisotopic (exact) mass is 462 g/mol. The smallest absolute Gasteiger partial charge is 0.410 e. The van der Waals surface area contributed by atoms with Gasteiger partial charge in [-0.3, -0.25) is 9.20 Å². The summed E-state index contributed by atoms with van der Waals surface area (Å²) >= 11 is 0. The first-order valence-corrected chi connectivity index (χ1v) is 10.6. The molecule has 1 aliphatic heterocycles. The number of aryl methyl sites for hydroxylation is 1. The number of benzene rings is 1. The Hall–Kier alpha value is -4.25. The molecule has 0 atom stereocenters. The van der Waals surface area contributed by atoms with Gasteiger partial charge in [0.2, 0.25) is 5.82 Å². The number of anilines is 1. The molecule has 11 heteroatoms. The van der Waals surface area contributed by atoms with Gasteiger partial charge in [-0.15, -0.1) is 0 Å². The van der Waals surface area contributed by atoms with Gasteiger partial charge in [0.1, 0.15) is 11.3 Å². The zero-order chi connectivity index (χ0) is 23.7. The topological polar surface area (TPSA) is 124 Å². The molecule has 0 radical (unpaired) electrons. The normalized spacial score (nSPS) is 13.6. The molecular weight excluding hydrogens is 440 g/mol. The molecule has 1 saturated heterocycles. The predicted octanol–water partition coefficient (Wildman–Crippen LogP) is 2.91. The van der Waals surface area contributed by atoms with Crippen molar-refractivity contribution in [3.63, 3.8) is 0 Å². The van der Waals surface area contributed by atoms with Crippen molar-refractivity contribution in [1.29, 1.82) is 0 Å². The number of methoxy groups -OCH3 is 1. The zero-order valence-corrected chi connectivity index (χ0v) is 18.6. The van der Waals surface area contributed by atoms with Crippen LogP contribution in [0.4, 0.5) is 10.5 Å². The van der Waals surface area contributed by atoms with Crippen molar-refractivity contribution in [3.05, 3.63) is 65.9 Å². The molecule has 2 amide bonds. The molecule has 0 unspecified atom stereocenters. The van der Waals surface area contributed by atoms with Crippen LogP contribution in [-0.2, 0) is 16.1 Å². The standard InChI is InChI=1S/C23H22N6O5/c1-14-6-7-15(9-17(14)25-22(30)18-10-24-19-5-3-4-8-29(18)19)21-26-20(34-27-21)13-33-23(31)28-11-16(12-28)32-2/h3-10,16H,11-13H2,1-2H3,(H,25,30). The van der Waals surface area contributed by atoms with Crippen LogP contribution in [0.3, 0.4) is 0 Å². The molecule has 1 aliphatic rings. The molecule has 0 spiro atoms. The molecule has 11 nitrogen and oxygen atoms in total. The maximum absolute atomic E-state index is 12.9. The van der Waals surface area contributed by atoms with Crippen molar-refractivity contribution in [1.82, 2.24) is 24.4 Å². The number of fused-ring (bicyclic) bond motifs is 1. The molecule has 0 aliphatic carbocycles. The Morgan fingerprint density at radius 2 is 2.09 bits per heavy atom. The van der Waals surface area contributed by atoms with E-state index in [4.69, 9.17) is 14.0 Å². The van der Waals surface area contributed by atoms with Gasteiger partial charge in [-0.1, -0.05) is 23.4 Å². The predicted molar refractivity (Wildman–Crippen MR) is 120 cm³/mol. The fraction of sp³-hybridized carbons (Fsp3) is 0.261. The third-order valence-corrected chi connectivity index (χ3v) is 5.62. The van der Waals surface area contributed by atoms with Gasteiger partial charge in [-0.25, -0.2) is 9.78 Å². The number of amides is 2. The molecule has 34 heavy (non-hydrogen) atoms. The first-order valence-electron chi connectivity index (χ1n) is 10.6. The minimum atomic E-state index is -0.458. The van der Waals surface area contributed by atoms with Crippen molar-refractivity contribution in [2.45, 2.75) is 19.6 Å². The van der Waals surface area contributed by atoms with E-state index in [9.17, 15) is 9.59 Å². The summed E-state index contributed by atoms with van der Waals surface area (Å²) in [6.45, 7) is 2.75. The summed E-state index contributed by atoms with van der Waals surface area (Å²) in [5.41, 5.74) is 3.23. The molecule has 4 heterocycles. The molecule has 4 aromatic rings. The maximum atomic E-state index is 12.9. The van der Waals surface area contributed by atoms with Crippen LogP contribution in [0.1, 0.15) is 21.9 Å². The van der Waals surface area contributed by atoms with Gasteiger partial charge in [0.25, 0.3) is 11.8 Å². The number of ether oxygens (including phenoxy) is 2. The van der Waals surface area contributed by atoms with Gasteiger partial charge in [0.05, 0.1) is 25.4 Å². The Bertz CT molecular complexity index is 1360. The van der Waals surface area contributed by atoms with E-state index < -0.39 is 6.09 Å². The number of nitrogens with zero attached hydrogens (tertiary/aromatic N) is 5. The van der Waals surface area contributed by atoms with Crippen LogP contribution in [0, 0.1) is 6.92 Å². The van der Waals surface area contributed by atoms with E-state index in [0.29, 0.717) is 41.5 Å². The molecule has 3 aromatic heterocycles. The fourth-order valence-electron chi connectivity index (χ4n) is 3.56. The number of likely N-dealkylation sites (tertiary alicyclic amines) is 1. The van der Waals surface area contributed by atoms with Crippen LogP contribution < -0.4 is 5.32 Å². The van der Waals surface area contributed by atoms with E-state index in [-0.39, 0.29) is 24.5 Å². The van der Waals surface area contributed by atoms with Crippen molar-refractivity contribution < 1.29 is 23.6 Å². The lowest BCUT2D eigenvalue weighted by Crippen LogP contribution is -2.54. The Morgan fingerprint density at radius 3 is 2.91 bits per heavy atom. The number of carbonyl (C=O) groups is 2. The van der Waals surface area contributed by atoms with Crippen LogP contribution in [0.15, 0.2) is 53.3 Å². The summed E-state index contributed by atoms with van der Waals surface area (Å²) < 4.78 is 17.3. The Balaban J connectivity index is 1.26. The summed E-state index contributed by atoms with van der Waals surface area (Å²) in [7, 11) is 1.61. The summed E-state index contributed by atoms with van der Waals surface area (Å²) in [5.74, 6) is 0.199. The first-order chi connectivity index (χ1) is 16.5. The minimum Gasteiger partial charge on any atom is -0.439 e. The van der Waals surface area contributed by atoms with Crippen molar-refractivity contribution >= 4 is 23.3 Å². The summed E-state index contributed by atoms with van der Waals surface area (Å²) in [4.78, 5) is 35.0. The zero-order valence-electron chi connectivity index (χ0n) is 18.6. The van der Waals surface area contributed by atoms with Gasteiger partial charge >= 0.3 is 6.09 Å². The van der Waals surface area contributed by atoms with Crippen LogP contribution in [0.2, 0.25) is 0 Å². The van der Waals surface area contributed by atoms with Gasteiger partial charge < -0.3 is 24.2 Å². The summed E-state index contributed by atoms with van der Waals surface area (Å²) in [6.07, 6.45) is 2.91. The number of nitrogens with one attached hydrogen (secondary N) is 1. The highest BCUT2D eigenvalue weighted by Crippen LogP contribution is 2.24. The number of aromatic nitrogens is 4. The molecular formula is C23H22N6O5. The van der Waals surface area contributed by atoms with Crippen LogP contribution in [-0.4, -0.2) is 62.7 Å². The highest BCUT2D eigenvalue weighted by Gasteiger charge is 2.31. The Kier molecular flexibility index (Phi) is 5.68. The number of carbonyl (C=O) groups excluding carboxylic acids is 2. The Morgan fingerprint density at radius 1 is 1.24 bits per heavy atom. The largest absolute Gasteiger partial charge is 0.439 e. The number of hydrogen-bond acceptors (Lipinski definition) is 8. The third kappa shape index (κ3) is 4.20. The van der Waals surface area contributed by atoms with Gasteiger partial charge in [-0.2, -0.15) is 4.98 Å². The molecule has 0 bridgehead atoms. The number of pyridine rings is 1. The minimum absolute atomic E-state index is 0.0477. The lowest BCUT2D eigenvalue weighted by Gasteiger charge is -2.36. The third-order valence-electron chi connectivity index (χ3n) is 5.62. The van der Waals surface area contributed by atoms with Crippen molar-refractivity contribution in [2.75, 3.05) is 25.5 Å². The lowest BCUT2D eigenvalue weighted by atomic mass is 10.1. The van der Waals surface area contributed by atoms with Gasteiger partial charge in [-0.05, 0) is 30.7 Å². The van der Waals surface area contributed by atoms with Crippen molar-refractivity contribution in [2.24, 2.45) is 0 Å². The highest BCUT2D eigenvalue weighted by atomic mass is 16.6. The highest BCUT2D eigenvalue weighted by molar-refractivity contribution is 6.04. The quantitative estimate of drug-likeness (QED) is 0.464. The number of hydrogen-bond donors (Lipinski definition) is 1. The molecule has 5 rings (SSSR count). The van der Waals surface area contributed by atoms with Gasteiger partial charge in [0.15, 0.2) is 6.61 Å². The van der Waals surface area contributed by atoms with E-state index in [1.54, 1.807) is 23.8 Å². The summed E-state index contributed by atoms with van der Waals surface area (Å²) in [5, 5.41) is 6.90. The van der Waals surface area contributed by atoms with Crippen LogP contribution in [0.5, 0.6) is 0 Å². The SMILES string of the molecule is COC1CN(C(=O)OCc2nc(-c3ccc(C)c(NC(=O)c4cnc5ccccn45)c3)no2)C1. The summed E-state index contributed by atoms with van der Waals surface area (Å²) in [6, 6.07) is 11.0. The molecule has 1 N–H and O–H groups in total. The maximum Gasteiger partial charge on any atom is 0.410 e. The molecule has 1 aromatic carbocycles. The van der Waals surface area contributed by atoms with E-state index in [0.717, 1.165) is 5.56 Å². The second kappa shape index (κ2) is 8.94. The molecule has 174 valence electrons. The van der Waals surface area contributed by atoms with E-state index in [1.165, 1.54) is 11.1 Å². The average molecular weight is 462 g/mol. The second-order valence-corrected chi connectivity index (χ2v) is 7.89. The van der Waals surface area contributed by atoms with Crippen molar-refractivity contribution in [3.8, 4) is 11.4 Å². The Labute approximate surface area is 194 Å². The van der Waals surface area contributed by atoms with E-state index in [1.807, 2.05) is 37.3 Å². The fourth-order valence-corrected chi connectivity index (χ4v) is 3.56.